The number of hydrogen-bond acceptors (Lipinski definition) is 4. The molecule has 6 heteroatoms. The largest absolute Gasteiger partial charge is 0.478 e. The van der Waals surface area contributed by atoms with Crippen molar-refractivity contribution in [1.82, 2.24) is 4.57 Å². The zero-order valence-electron chi connectivity index (χ0n) is 9.43. The van der Waals surface area contributed by atoms with Crippen molar-refractivity contribution in [2.24, 2.45) is 0 Å². The van der Waals surface area contributed by atoms with Crippen molar-refractivity contribution >= 4 is 11.9 Å². The molecule has 0 radical (unpaired) electrons. The molecule has 0 spiro atoms. The SMILES string of the molecule is CCOC(=O)c1cc(C(=O)O)c2n1CCOC2. The van der Waals surface area contributed by atoms with Gasteiger partial charge in [0, 0.05) is 6.54 Å². The van der Waals surface area contributed by atoms with E-state index in [0.717, 1.165) is 0 Å². The molecule has 2 rings (SSSR count). The van der Waals surface area contributed by atoms with E-state index in [4.69, 9.17) is 14.6 Å². The number of aromatic carboxylic acids is 1. The second-order valence-electron chi connectivity index (χ2n) is 3.62. The monoisotopic (exact) mass is 239 g/mol. The van der Waals surface area contributed by atoms with Crippen molar-refractivity contribution in [3.05, 3.63) is 23.0 Å². The van der Waals surface area contributed by atoms with E-state index in [1.165, 1.54) is 6.07 Å². The minimum atomic E-state index is -1.06. The smallest absolute Gasteiger partial charge is 0.354 e. The molecular weight excluding hydrogens is 226 g/mol. The maximum atomic E-state index is 11.7. The van der Waals surface area contributed by atoms with Crippen LogP contribution in [0.2, 0.25) is 0 Å². The summed E-state index contributed by atoms with van der Waals surface area (Å²) < 4.78 is 11.8. The minimum absolute atomic E-state index is 0.104. The lowest BCUT2D eigenvalue weighted by atomic mass is 10.2. The molecule has 1 aromatic heterocycles. The first-order chi connectivity index (χ1) is 8.15. The molecule has 0 unspecified atom stereocenters. The second kappa shape index (κ2) is 4.58. The maximum absolute atomic E-state index is 11.7. The van der Waals surface area contributed by atoms with Gasteiger partial charge in [-0.05, 0) is 13.0 Å². The number of fused-ring (bicyclic) bond motifs is 1. The highest BCUT2D eigenvalue weighted by atomic mass is 16.5. The fourth-order valence-corrected chi connectivity index (χ4v) is 1.88. The van der Waals surface area contributed by atoms with Crippen molar-refractivity contribution < 1.29 is 24.2 Å². The van der Waals surface area contributed by atoms with Crippen molar-refractivity contribution in [2.45, 2.75) is 20.1 Å². The molecule has 6 nitrogen and oxygen atoms in total. The third kappa shape index (κ3) is 2.03. The number of ether oxygens (including phenoxy) is 2. The van der Waals surface area contributed by atoms with Crippen molar-refractivity contribution in [3.63, 3.8) is 0 Å². The summed E-state index contributed by atoms with van der Waals surface area (Å²) in [7, 11) is 0. The minimum Gasteiger partial charge on any atom is -0.478 e. The Morgan fingerprint density at radius 3 is 3.00 bits per heavy atom. The van der Waals surface area contributed by atoms with Gasteiger partial charge in [-0.3, -0.25) is 0 Å². The first-order valence-electron chi connectivity index (χ1n) is 5.35. The van der Waals surface area contributed by atoms with Crippen LogP contribution in [0.1, 0.15) is 33.5 Å². The number of nitrogens with zero attached hydrogens (tertiary/aromatic N) is 1. The van der Waals surface area contributed by atoms with E-state index in [2.05, 4.69) is 0 Å². The molecule has 0 aliphatic carbocycles. The van der Waals surface area contributed by atoms with Crippen LogP contribution < -0.4 is 0 Å². The fraction of sp³-hybridized carbons (Fsp3) is 0.455. The van der Waals surface area contributed by atoms with Gasteiger partial charge in [0.05, 0.1) is 31.1 Å². The third-order valence-corrected chi connectivity index (χ3v) is 2.62. The second-order valence-corrected chi connectivity index (χ2v) is 3.62. The van der Waals surface area contributed by atoms with Gasteiger partial charge in [0.25, 0.3) is 0 Å². The van der Waals surface area contributed by atoms with Crippen LogP contribution in [0.3, 0.4) is 0 Å². The van der Waals surface area contributed by atoms with Crippen LogP contribution in [0, 0.1) is 0 Å². The number of carboxylic acid groups (broad SMARTS) is 1. The van der Waals surface area contributed by atoms with Gasteiger partial charge in [-0.25, -0.2) is 9.59 Å². The Morgan fingerprint density at radius 2 is 2.35 bits per heavy atom. The lowest BCUT2D eigenvalue weighted by Crippen LogP contribution is -2.22. The van der Waals surface area contributed by atoms with Gasteiger partial charge in [-0.2, -0.15) is 0 Å². The van der Waals surface area contributed by atoms with Crippen molar-refractivity contribution in [3.8, 4) is 0 Å². The number of rotatable bonds is 3. The normalized spacial score (nSPS) is 14.2. The van der Waals surface area contributed by atoms with Crippen LogP contribution in [0.15, 0.2) is 6.07 Å². The number of carbonyl (C=O) groups is 2. The Kier molecular flexibility index (Phi) is 3.14. The van der Waals surface area contributed by atoms with E-state index >= 15 is 0 Å². The average molecular weight is 239 g/mol. The molecule has 1 aliphatic heterocycles. The van der Waals surface area contributed by atoms with E-state index in [1.54, 1.807) is 11.5 Å². The van der Waals surface area contributed by atoms with Crippen LogP contribution in [0.4, 0.5) is 0 Å². The van der Waals surface area contributed by atoms with Gasteiger partial charge < -0.3 is 19.1 Å². The Labute approximate surface area is 97.7 Å². The summed E-state index contributed by atoms with van der Waals surface area (Å²) in [5.41, 5.74) is 0.905. The van der Waals surface area contributed by atoms with E-state index < -0.39 is 11.9 Å². The zero-order chi connectivity index (χ0) is 12.4. The van der Waals surface area contributed by atoms with Crippen LogP contribution in [0.5, 0.6) is 0 Å². The lowest BCUT2D eigenvalue weighted by Gasteiger charge is -2.18. The highest BCUT2D eigenvalue weighted by Gasteiger charge is 2.26. The van der Waals surface area contributed by atoms with Crippen LogP contribution in [0.25, 0.3) is 0 Å². The standard InChI is InChI=1S/C11H13NO5/c1-2-17-11(15)8-5-7(10(13)14)9-6-16-4-3-12(8)9/h5H,2-4,6H2,1H3,(H,13,14). The number of esters is 1. The van der Waals surface area contributed by atoms with E-state index in [9.17, 15) is 9.59 Å². The number of hydrogen-bond donors (Lipinski definition) is 1. The molecule has 2 heterocycles. The number of aromatic nitrogens is 1. The molecule has 1 aromatic rings. The predicted octanol–water partition coefficient (Wildman–Crippen LogP) is 0.893. The Morgan fingerprint density at radius 1 is 1.59 bits per heavy atom. The molecule has 0 aromatic carbocycles. The molecule has 0 saturated carbocycles. The third-order valence-electron chi connectivity index (χ3n) is 2.62. The predicted molar refractivity (Wildman–Crippen MR) is 57.0 cm³/mol. The van der Waals surface area contributed by atoms with Crippen molar-refractivity contribution in [2.75, 3.05) is 13.2 Å². The summed E-state index contributed by atoms with van der Waals surface area (Å²) in [6, 6.07) is 1.35. The summed E-state index contributed by atoms with van der Waals surface area (Å²) >= 11 is 0. The zero-order valence-corrected chi connectivity index (χ0v) is 9.43. The molecule has 92 valence electrons. The molecular formula is C11H13NO5. The van der Waals surface area contributed by atoms with Crippen LogP contribution in [-0.2, 0) is 22.6 Å². The topological polar surface area (TPSA) is 77.8 Å². The van der Waals surface area contributed by atoms with Crippen LogP contribution in [-0.4, -0.2) is 34.8 Å². The average Bonchev–Trinajstić information content (AvgIpc) is 2.69. The lowest BCUT2D eigenvalue weighted by molar-refractivity contribution is 0.0488. The maximum Gasteiger partial charge on any atom is 0.354 e. The van der Waals surface area contributed by atoms with Crippen molar-refractivity contribution in [1.29, 1.82) is 0 Å². The molecule has 0 saturated heterocycles. The summed E-state index contributed by atoms with van der Waals surface area (Å²) in [6.45, 7) is 3.11. The summed E-state index contributed by atoms with van der Waals surface area (Å²) in [6.07, 6.45) is 0. The first kappa shape index (κ1) is 11.7. The van der Waals surface area contributed by atoms with Gasteiger partial charge in [0.2, 0.25) is 0 Å². The van der Waals surface area contributed by atoms with E-state index in [-0.39, 0.29) is 24.5 Å². The van der Waals surface area contributed by atoms with Crippen LogP contribution >= 0.6 is 0 Å². The highest BCUT2D eigenvalue weighted by molar-refractivity contribution is 5.95. The number of carbonyl (C=O) groups excluding carboxylic acids is 1. The molecule has 0 atom stereocenters. The molecule has 17 heavy (non-hydrogen) atoms. The van der Waals surface area contributed by atoms with Gasteiger partial charge in [0.1, 0.15) is 5.69 Å². The van der Waals surface area contributed by atoms with Gasteiger partial charge >= 0.3 is 11.9 Å². The number of carboxylic acids is 1. The fourth-order valence-electron chi connectivity index (χ4n) is 1.88. The molecule has 0 fully saturated rings. The first-order valence-corrected chi connectivity index (χ1v) is 5.35. The quantitative estimate of drug-likeness (QED) is 0.792. The Hall–Kier alpha value is -1.82. The van der Waals surface area contributed by atoms with E-state index in [1.807, 2.05) is 0 Å². The summed E-state index contributed by atoms with van der Waals surface area (Å²) in [4.78, 5) is 22.7. The summed E-state index contributed by atoms with van der Waals surface area (Å²) in [5, 5.41) is 9.04. The Balaban J connectivity index is 2.45. The molecule has 1 aliphatic rings. The molecule has 0 amide bonds. The van der Waals surface area contributed by atoms with Gasteiger partial charge in [-0.15, -0.1) is 0 Å². The van der Waals surface area contributed by atoms with Gasteiger partial charge in [0.15, 0.2) is 0 Å². The molecule has 0 bridgehead atoms. The van der Waals surface area contributed by atoms with Gasteiger partial charge in [-0.1, -0.05) is 0 Å². The molecule has 1 N–H and O–H groups in total. The Bertz CT molecular complexity index is 463. The summed E-state index contributed by atoms with van der Waals surface area (Å²) in [5.74, 6) is -1.56. The highest BCUT2D eigenvalue weighted by Crippen LogP contribution is 2.21. The van der Waals surface area contributed by atoms with E-state index in [0.29, 0.717) is 18.8 Å².